The number of ether oxygens (including phenoxy) is 1. The van der Waals surface area contributed by atoms with Gasteiger partial charge in [0.25, 0.3) is 0 Å². The van der Waals surface area contributed by atoms with E-state index in [0.717, 1.165) is 25.1 Å². The van der Waals surface area contributed by atoms with Gasteiger partial charge < -0.3 is 10.1 Å². The maximum absolute atomic E-state index is 6.22. The Bertz CT molecular complexity index is 403. The van der Waals surface area contributed by atoms with E-state index in [1.165, 1.54) is 11.7 Å². The molecule has 1 saturated heterocycles. The fourth-order valence-electron chi connectivity index (χ4n) is 3.19. The van der Waals surface area contributed by atoms with Crippen molar-refractivity contribution in [2.24, 2.45) is 5.92 Å². The van der Waals surface area contributed by atoms with Crippen LogP contribution in [0.25, 0.3) is 0 Å². The number of hydrogen-bond donors (Lipinski definition) is 1. The summed E-state index contributed by atoms with van der Waals surface area (Å²) in [4.78, 5) is 0. The van der Waals surface area contributed by atoms with Crippen molar-refractivity contribution in [3.8, 4) is 0 Å². The van der Waals surface area contributed by atoms with Gasteiger partial charge in [0.05, 0.1) is 40.9 Å². The molecule has 0 bridgehead atoms. The first-order chi connectivity index (χ1) is 8.86. The third kappa shape index (κ3) is 3.33. The first kappa shape index (κ1) is 14.9. The lowest BCUT2D eigenvalue weighted by Gasteiger charge is -2.32. The Morgan fingerprint density at radius 2 is 2.21 bits per heavy atom. The summed E-state index contributed by atoms with van der Waals surface area (Å²) < 4.78 is 14.8. The number of hydrogen-bond acceptors (Lipinski definition) is 5. The minimum Gasteiger partial charge on any atom is -0.369 e. The quantitative estimate of drug-likeness (QED) is 0.901. The van der Waals surface area contributed by atoms with Crippen molar-refractivity contribution in [1.82, 2.24) is 14.1 Å². The molecule has 0 radical (unpaired) electrons. The lowest BCUT2D eigenvalue weighted by Crippen LogP contribution is -2.39. The van der Waals surface area contributed by atoms with E-state index < -0.39 is 0 Å². The maximum Gasteiger partial charge on any atom is 0.0916 e. The molecule has 0 spiro atoms. The van der Waals surface area contributed by atoms with Crippen LogP contribution in [-0.2, 0) is 4.74 Å². The van der Waals surface area contributed by atoms with E-state index in [-0.39, 0.29) is 17.2 Å². The van der Waals surface area contributed by atoms with Crippen LogP contribution >= 0.6 is 11.7 Å². The molecule has 0 amide bonds. The van der Waals surface area contributed by atoms with Gasteiger partial charge in [-0.1, -0.05) is 6.92 Å². The average molecular weight is 283 g/mol. The topological polar surface area (TPSA) is 47.0 Å². The van der Waals surface area contributed by atoms with Gasteiger partial charge in [-0.05, 0) is 47.1 Å². The van der Waals surface area contributed by atoms with Gasteiger partial charge in [-0.2, -0.15) is 8.75 Å². The van der Waals surface area contributed by atoms with Crippen molar-refractivity contribution < 1.29 is 4.74 Å². The molecule has 1 aromatic rings. The maximum atomic E-state index is 6.22. The SMILES string of the molecule is CCCNC(c1cnsn1)C1CC(C)(C)OC1(C)C. The Kier molecular flexibility index (Phi) is 4.28. The highest BCUT2D eigenvalue weighted by Crippen LogP contribution is 2.47. The van der Waals surface area contributed by atoms with E-state index in [1.807, 2.05) is 6.20 Å². The molecule has 2 rings (SSSR count). The summed E-state index contributed by atoms with van der Waals surface area (Å²) in [5.74, 6) is 0.415. The Hall–Kier alpha value is -0.520. The number of nitrogens with one attached hydrogen (secondary N) is 1. The van der Waals surface area contributed by atoms with Crippen LogP contribution in [0.3, 0.4) is 0 Å². The molecule has 108 valence electrons. The van der Waals surface area contributed by atoms with E-state index in [1.54, 1.807) is 0 Å². The molecule has 2 atom stereocenters. The first-order valence-corrected chi connectivity index (χ1v) is 7.80. The van der Waals surface area contributed by atoms with E-state index in [9.17, 15) is 0 Å². The minimum atomic E-state index is -0.140. The van der Waals surface area contributed by atoms with Crippen LogP contribution in [0.2, 0.25) is 0 Å². The molecule has 19 heavy (non-hydrogen) atoms. The molecule has 1 fully saturated rings. The number of nitrogens with zero attached hydrogens (tertiary/aromatic N) is 2. The fraction of sp³-hybridized carbons (Fsp3) is 0.857. The minimum absolute atomic E-state index is 0.0657. The smallest absolute Gasteiger partial charge is 0.0916 e. The second-order valence-corrected chi connectivity index (χ2v) is 7.10. The Morgan fingerprint density at radius 3 is 2.68 bits per heavy atom. The van der Waals surface area contributed by atoms with Crippen LogP contribution < -0.4 is 5.32 Å². The zero-order valence-corrected chi connectivity index (χ0v) is 13.4. The van der Waals surface area contributed by atoms with Gasteiger partial charge >= 0.3 is 0 Å². The van der Waals surface area contributed by atoms with Gasteiger partial charge in [-0.25, -0.2) is 0 Å². The lowest BCUT2D eigenvalue weighted by atomic mass is 9.80. The third-order valence-corrected chi connectivity index (χ3v) is 4.35. The van der Waals surface area contributed by atoms with Crippen LogP contribution in [0.4, 0.5) is 0 Å². The normalized spacial score (nSPS) is 26.5. The third-order valence-electron chi connectivity index (χ3n) is 3.86. The van der Waals surface area contributed by atoms with Crippen molar-refractivity contribution in [3.63, 3.8) is 0 Å². The summed E-state index contributed by atoms with van der Waals surface area (Å²) >= 11 is 1.28. The number of rotatable bonds is 5. The van der Waals surface area contributed by atoms with E-state index in [2.05, 4.69) is 48.7 Å². The fourth-order valence-corrected chi connectivity index (χ4v) is 3.64. The van der Waals surface area contributed by atoms with Crippen molar-refractivity contribution in [1.29, 1.82) is 0 Å². The van der Waals surface area contributed by atoms with Crippen LogP contribution in [0.15, 0.2) is 6.20 Å². The molecule has 0 aliphatic carbocycles. The molecule has 5 heteroatoms. The largest absolute Gasteiger partial charge is 0.369 e. The second-order valence-electron chi connectivity index (χ2n) is 6.54. The van der Waals surface area contributed by atoms with Crippen molar-refractivity contribution >= 4 is 11.7 Å². The van der Waals surface area contributed by atoms with Gasteiger partial charge in [-0.15, -0.1) is 0 Å². The highest BCUT2D eigenvalue weighted by atomic mass is 32.1. The van der Waals surface area contributed by atoms with Crippen LogP contribution in [0.1, 0.15) is 59.2 Å². The molecule has 4 nitrogen and oxygen atoms in total. The molecule has 1 N–H and O–H groups in total. The Morgan fingerprint density at radius 1 is 1.47 bits per heavy atom. The standard InChI is InChI=1S/C14H25N3OS/c1-6-7-15-12(11-9-16-19-17-11)10-8-13(2,3)18-14(10,4)5/h9-10,12,15H,6-8H2,1-5H3. The molecule has 1 aromatic heterocycles. The Labute approximate surface area is 120 Å². The first-order valence-electron chi connectivity index (χ1n) is 7.07. The summed E-state index contributed by atoms with van der Waals surface area (Å²) in [5.41, 5.74) is 0.847. The lowest BCUT2D eigenvalue weighted by molar-refractivity contribution is -0.0779. The molecule has 2 unspecified atom stereocenters. The van der Waals surface area contributed by atoms with E-state index >= 15 is 0 Å². The Balaban J connectivity index is 2.23. The van der Waals surface area contributed by atoms with Gasteiger partial charge in [0.15, 0.2) is 0 Å². The molecule has 2 heterocycles. The van der Waals surface area contributed by atoms with Gasteiger partial charge in [0, 0.05) is 5.92 Å². The van der Waals surface area contributed by atoms with E-state index in [0.29, 0.717) is 5.92 Å². The highest BCUT2D eigenvalue weighted by Gasteiger charge is 2.49. The summed E-state index contributed by atoms with van der Waals surface area (Å²) in [6.45, 7) is 11.9. The van der Waals surface area contributed by atoms with Crippen LogP contribution in [0.5, 0.6) is 0 Å². The molecular formula is C14H25N3OS. The van der Waals surface area contributed by atoms with Gasteiger partial charge in [0.1, 0.15) is 0 Å². The van der Waals surface area contributed by atoms with Crippen LogP contribution in [-0.4, -0.2) is 26.5 Å². The summed E-state index contributed by atoms with van der Waals surface area (Å²) in [6.07, 6.45) is 4.05. The van der Waals surface area contributed by atoms with Crippen molar-refractivity contribution in [2.75, 3.05) is 6.54 Å². The van der Waals surface area contributed by atoms with Gasteiger partial charge in [0.2, 0.25) is 0 Å². The molecular weight excluding hydrogens is 258 g/mol. The zero-order chi connectivity index (χ0) is 14.1. The average Bonchev–Trinajstić information content (AvgIpc) is 2.86. The predicted octanol–water partition coefficient (Wildman–Crippen LogP) is 3.17. The van der Waals surface area contributed by atoms with Gasteiger partial charge in [-0.3, -0.25) is 0 Å². The van der Waals surface area contributed by atoms with E-state index in [4.69, 9.17) is 4.74 Å². The highest BCUT2D eigenvalue weighted by molar-refractivity contribution is 6.99. The molecule has 0 saturated carbocycles. The number of aromatic nitrogens is 2. The molecule has 1 aliphatic rings. The monoisotopic (exact) mass is 283 g/mol. The van der Waals surface area contributed by atoms with Crippen molar-refractivity contribution in [3.05, 3.63) is 11.9 Å². The molecule has 0 aromatic carbocycles. The predicted molar refractivity (Wildman–Crippen MR) is 78.3 cm³/mol. The summed E-state index contributed by atoms with van der Waals surface area (Å²) in [5, 5.41) is 3.63. The van der Waals surface area contributed by atoms with Crippen molar-refractivity contribution in [2.45, 2.75) is 64.7 Å². The summed E-state index contributed by atoms with van der Waals surface area (Å²) in [6, 6.07) is 0.232. The summed E-state index contributed by atoms with van der Waals surface area (Å²) in [7, 11) is 0. The second kappa shape index (κ2) is 5.46. The molecule has 1 aliphatic heterocycles. The van der Waals surface area contributed by atoms with Crippen LogP contribution in [0, 0.1) is 5.92 Å². The zero-order valence-electron chi connectivity index (χ0n) is 12.6.